The number of nitrogens with zero attached hydrogens (tertiary/aromatic N) is 1. The quantitative estimate of drug-likeness (QED) is 0.598. The first-order valence-electron chi connectivity index (χ1n) is 7.86. The van der Waals surface area contributed by atoms with Crippen LogP contribution in [0.25, 0.3) is 0 Å². The van der Waals surface area contributed by atoms with Gasteiger partial charge >= 0.3 is 5.69 Å². The Bertz CT molecular complexity index is 834. The number of methoxy groups -OCH3 is 1. The number of hydrogen-bond acceptors (Lipinski definition) is 4. The number of rotatable bonds is 5. The van der Waals surface area contributed by atoms with Crippen molar-refractivity contribution in [2.24, 2.45) is 0 Å². The molecule has 1 saturated carbocycles. The molecule has 130 valence electrons. The topological polar surface area (TPSA) is 81.5 Å². The largest absolute Gasteiger partial charge is 0.490 e. The van der Waals surface area contributed by atoms with Gasteiger partial charge in [-0.2, -0.15) is 0 Å². The first kappa shape index (κ1) is 17.4. The number of amides is 1. The first-order valence-corrected chi connectivity index (χ1v) is 8.65. The summed E-state index contributed by atoms with van der Waals surface area (Å²) in [7, 11) is 1.36. The normalized spacial score (nSPS) is 15.1. The van der Waals surface area contributed by atoms with Crippen molar-refractivity contribution in [2.45, 2.75) is 24.8 Å². The van der Waals surface area contributed by atoms with Crippen LogP contribution in [-0.2, 0) is 5.54 Å². The van der Waals surface area contributed by atoms with Crippen LogP contribution in [-0.4, -0.2) is 17.9 Å². The molecule has 0 atom stereocenters. The predicted octanol–water partition coefficient (Wildman–Crippen LogP) is 4.18. The van der Waals surface area contributed by atoms with E-state index in [1.807, 2.05) is 24.3 Å². The van der Waals surface area contributed by atoms with E-state index in [1.165, 1.54) is 25.3 Å². The highest BCUT2D eigenvalue weighted by Gasteiger charge is 2.40. The highest BCUT2D eigenvalue weighted by molar-refractivity contribution is 9.10. The molecular formula is C18H17BrN2O4. The zero-order valence-electron chi connectivity index (χ0n) is 13.6. The zero-order valence-corrected chi connectivity index (χ0v) is 15.2. The lowest BCUT2D eigenvalue weighted by molar-refractivity contribution is -0.385. The fraction of sp³-hybridized carbons (Fsp3) is 0.278. The van der Waals surface area contributed by atoms with Crippen LogP contribution in [0.1, 0.15) is 35.2 Å². The van der Waals surface area contributed by atoms with Crippen molar-refractivity contribution in [3.05, 3.63) is 68.2 Å². The molecular weight excluding hydrogens is 388 g/mol. The van der Waals surface area contributed by atoms with Gasteiger partial charge in [0.1, 0.15) is 0 Å². The third-order valence-electron chi connectivity index (χ3n) is 4.57. The lowest BCUT2D eigenvalue weighted by Crippen LogP contribution is -2.50. The monoisotopic (exact) mass is 404 g/mol. The molecule has 1 aliphatic rings. The van der Waals surface area contributed by atoms with Crippen molar-refractivity contribution in [2.75, 3.05) is 7.11 Å². The Morgan fingerprint density at radius 2 is 2.04 bits per heavy atom. The van der Waals surface area contributed by atoms with Crippen LogP contribution < -0.4 is 10.1 Å². The molecule has 2 aromatic rings. The molecule has 3 rings (SSSR count). The third kappa shape index (κ3) is 3.37. The molecule has 0 bridgehead atoms. The van der Waals surface area contributed by atoms with Crippen molar-refractivity contribution < 1.29 is 14.5 Å². The summed E-state index contributed by atoms with van der Waals surface area (Å²) in [5.74, 6) is -0.197. The van der Waals surface area contributed by atoms with E-state index in [1.54, 1.807) is 0 Å². The van der Waals surface area contributed by atoms with Crippen LogP contribution in [0.15, 0.2) is 46.9 Å². The summed E-state index contributed by atoms with van der Waals surface area (Å²) in [6, 6.07) is 12.1. The number of ether oxygens (including phenoxy) is 1. The van der Waals surface area contributed by atoms with E-state index >= 15 is 0 Å². The maximum absolute atomic E-state index is 12.7. The van der Waals surface area contributed by atoms with E-state index in [2.05, 4.69) is 21.2 Å². The molecule has 1 N–H and O–H groups in total. The lowest BCUT2D eigenvalue weighted by Gasteiger charge is -2.43. The Labute approximate surface area is 153 Å². The summed E-state index contributed by atoms with van der Waals surface area (Å²) < 4.78 is 5.93. The first-order chi connectivity index (χ1) is 11.9. The van der Waals surface area contributed by atoms with Gasteiger partial charge in [-0.15, -0.1) is 0 Å². The summed E-state index contributed by atoms with van der Waals surface area (Å²) in [6.07, 6.45) is 2.70. The second kappa shape index (κ2) is 6.84. The van der Waals surface area contributed by atoms with Gasteiger partial charge < -0.3 is 10.1 Å². The lowest BCUT2D eigenvalue weighted by atomic mass is 9.71. The molecule has 1 aliphatic carbocycles. The van der Waals surface area contributed by atoms with Crippen LogP contribution in [0.5, 0.6) is 5.75 Å². The van der Waals surface area contributed by atoms with Gasteiger partial charge in [0, 0.05) is 16.1 Å². The summed E-state index contributed by atoms with van der Waals surface area (Å²) in [5.41, 5.74) is 0.633. The Morgan fingerprint density at radius 1 is 1.28 bits per heavy atom. The molecule has 1 fully saturated rings. The summed E-state index contributed by atoms with van der Waals surface area (Å²) >= 11 is 3.46. The molecule has 0 heterocycles. The van der Waals surface area contributed by atoms with Gasteiger partial charge in [-0.25, -0.2) is 0 Å². The van der Waals surface area contributed by atoms with Crippen LogP contribution in [0.2, 0.25) is 0 Å². The molecule has 0 spiro atoms. The number of nitro benzene ring substituents is 1. The van der Waals surface area contributed by atoms with Gasteiger partial charge in [0.25, 0.3) is 5.91 Å². The SMILES string of the molecule is COc1ccc(C(=O)NC2(c3cccc(Br)c3)CCC2)cc1[N+](=O)[O-]. The van der Waals surface area contributed by atoms with E-state index in [0.717, 1.165) is 29.3 Å². The van der Waals surface area contributed by atoms with Crippen LogP contribution in [0, 0.1) is 10.1 Å². The summed E-state index contributed by atoms with van der Waals surface area (Å²) in [5, 5.41) is 14.2. The number of carbonyl (C=O) groups excluding carboxylic acids is 1. The molecule has 0 unspecified atom stereocenters. The number of nitro groups is 1. The summed E-state index contributed by atoms with van der Waals surface area (Å²) in [6.45, 7) is 0. The van der Waals surface area contributed by atoms with Gasteiger partial charge in [-0.3, -0.25) is 14.9 Å². The second-order valence-corrected chi connectivity index (χ2v) is 6.96. The summed E-state index contributed by atoms with van der Waals surface area (Å²) in [4.78, 5) is 23.3. The average molecular weight is 405 g/mol. The molecule has 25 heavy (non-hydrogen) atoms. The molecule has 0 radical (unpaired) electrons. The molecule has 6 nitrogen and oxygen atoms in total. The van der Waals surface area contributed by atoms with Gasteiger partial charge in [-0.05, 0) is 49.1 Å². The zero-order chi connectivity index (χ0) is 18.0. The van der Waals surface area contributed by atoms with Crippen molar-refractivity contribution in [1.29, 1.82) is 0 Å². The predicted molar refractivity (Wildman–Crippen MR) is 96.8 cm³/mol. The van der Waals surface area contributed by atoms with Crippen LogP contribution >= 0.6 is 15.9 Å². The Morgan fingerprint density at radius 3 is 2.60 bits per heavy atom. The van der Waals surface area contributed by atoms with E-state index < -0.39 is 10.5 Å². The van der Waals surface area contributed by atoms with Crippen molar-refractivity contribution in [3.8, 4) is 5.75 Å². The standard InChI is InChI=1S/C18H17BrN2O4/c1-25-16-7-6-12(10-15(16)21(23)24)17(22)20-18(8-3-9-18)13-4-2-5-14(19)11-13/h2,4-7,10-11H,3,8-9H2,1H3,(H,20,22). The van der Waals surface area contributed by atoms with Crippen molar-refractivity contribution in [3.63, 3.8) is 0 Å². The Balaban J connectivity index is 1.88. The van der Waals surface area contributed by atoms with Gasteiger partial charge in [-0.1, -0.05) is 28.1 Å². The minimum atomic E-state index is -0.553. The molecule has 0 aromatic heterocycles. The van der Waals surface area contributed by atoms with Crippen LogP contribution in [0.4, 0.5) is 5.69 Å². The average Bonchev–Trinajstić information content (AvgIpc) is 2.57. The smallest absolute Gasteiger partial charge is 0.311 e. The van der Waals surface area contributed by atoms with E-state index in [4.69, 9.17) is 4.74 Å². The Kier molecular flexibility index (Phi) is 4.76. The molecule has 0 aliphatic heterocycles. The minimum absolute atomic E-state index is 0.131. The number of halogens is 1. The van der Waals surface area contributed by atoms with E-state index in [-0.39, 0.29) is 22.9 Å². The highest BCUT2D eigenvalue weighted by atomic mass is 79.9. The van der Waals surface area contributed by atoms with Crippen molar-refractivity contribution >= 4 is 27.5 Å². The molecule has 7 heteroatoms. The van der Waals surface area contributed by atoms with Gasteiger partial charge in [0.2, 0.25) is 0 Å². The van der Waals surface area contributed by atoms with Crippen molar-refractivity contribution in [1.82, 2.24) is 5.32 Å². The van der Waals surface area contributed by atoms with E-state index in [9.17, 15) is 14.9 Å². The van der Waals surface area contributed by atoms with E-state index in [0.29, 0.717) is 0 Å². The second-order valence-electron chi connectivity index (χ2n) is 6.04. The van der Waals surface area contributed by atoms with Crippen LogP contribution in [0.3, 0.4) is 0 Å². The molecule has 0 saturated heterocycles. The molecule has 1 amide bonds. The number of hydrogen-bond donors (Lipinski definition) is 1. The molecule has 2 aromatic carbocycles. The van der Waals surface area contributed by atoms with Gasteiger partial charge in [0.15, 0.2) is 5.75 Å². The minimum Gasteiger partial charge on any atom is -0.490 e. The fourth-order valence-electron chi connectivity index (χ4n) is 3.07. The third-order valence-corrected chi connectivity index (χ3v) is 5.07. The number of carbonyl (C=O) groups is 1. The maximum Gasteiger partial charge on any atom is 0.311 e. The number of nitrogens with one attached hydrogen (secondary N) is 1. The Hall–Kier alpha value is -2.41. The van der Waals surface area contributed by atoms with Gasteiger partial charge in [0.05, 0.1) is 17.6 Å². The maximum atomic E-state index is 12.7. The fourth-order valence-corrected chi connectivity index (χ4v) is 3.46. The number of benzene rings is 2. The highest BCUT2D eigenvalue weighted by Crippen LogP contribution is 2.42.